The Bertz CT molecular complexity index is 586. The molecule has 1 aromatic heterocycles. The molecule has 1 aliphatic rings. The van der Waals surface area contributed by atoms with Gasteiger partial charge in [0, 0.05) is 12.0 Å². The van der Waals surface area contributed by atoms with Gasteiger partial charge >= 0.3 is 0 Å². The predicted molar refractivity (Wildman–Crippen MR) is 61.0 cm³/mol. The van der Waals surface area contributed by atoms with E-state index >= 15 is 0 Å². The SMILES string of the molecule is Nc1ncc(F)c(-c2ccc3c(c2)CCO3)n1. The summed E-state index contributed by atoms with van der Waals surface area (Å²) in [7, 11) is 0. The molecule has 0 atom stereocenters. The first-order valence-electron chi connectivity index (χ1n) is 5.28. The molecule has 2 N–H and O–H groups in total. The fourth-order valence-electron chi connectivity index (χ4n) is 1.92. The first kappa shape index (κ1) is 10.0. The number of benzene rings is 1. The summed E-state index contributed by atoms with van der Waals surface area (Å²) in [6.45, 7) is 0.674. The molecular formula is C12H10FN3O. The van der Waals surface area contributed by atoms with Gasteiger partial charge in [0.15, 0.2) is 5.82 Å². The summed E-state index contributed by atoms with van der Waals surface area (Å²) < 4.78 is 19.0. The van der Waals surface area contributed by atoms with Crippen LogP contribution >= 0.6 is 0 Å². The Morgan fingerprint density at radius 2 is 2.24 bits per heavy atom. The van der Waals surface area contributed by atoms with Gasteiger partial charge in [-0.1, -0.05) is 0 Å². The maximum atomic E-state index is 13.6. The molecule has 86 valence electrons. The Kier molecular flexibility index (Phi) is 2.18. The molecule has 0 amide bonds. The zero-order valence-electron chi connectivity index (χ0n) is 8.98. The fourth-order valence-corrected chi connectivity index (χ4v) is 1.92. The van der Waals surface area contributed by atoms with E-state index in [1.807, 2.05) is 12.1 Å². The van der Waals surface area contributed by atoms with Crippen molar-refractivity contribution in [1.29, 1.82) is 0 Å². The van der Waals surface area contributed by atoms with Crippen LogP contribution in [0.5, 0.6) is 5.75 Å². The number of halogens is 1. The maximum absolute atomic E-state index is 13.6. The molecule has 2 aromatic rings. The normalized spacial score (nSPS) is 13.2. The predicted octanol–water partition coefficient (Wildman–Crippen LogP) is 1.80. The number of rotatable bonds is 1. The van der Waals surface area contributed by atoms with Crippen LogP contribution in [0.15, 0.2) is 24.4 Å². The highest BCUT2D eigenvalue weighted by Crippen LogP contribution is 2.30. The molecule has 0 saturated carbocycles. The quantitative estimate of drug-likeness (QED) is 0.812. The molecule has 0 spiro atoms. The van der Waals surface area contributed by atoms with E-state index in [4.69, 9.17) is 10.5 Å². The average Bonchev–Trinajstić information content (AvgIpc) is 2.79. The summed E-state index contributed by atoms with van der Waals surface area (Å²) >= 11 is 0. The molecule has 5 heteroatoms. The Labute approximate surface area is 97.3 Å². The van der Waals surface area contributed by atoms with Crippen molar-refractivity contribution < 1.29 is 9.13 Å². The van der Waals surface area contributed by atoms with Crippen molar-refractivity contribution in [1.82, 2.24) is 9.97 Å². The number of aromatic nitrogens is 2. The van der Waals surface area contributed by atoms with Gasteiger partial charge in [-0.25, -0.2) is 14.4 Å². The van der Waals surface area contributed by atoms with Gasteiger partial charge in [0.1, 0.15) is 11.4 Å². The molecule has 1 aromatic carbocycles. The minimum Gasteiger partial charge on any atom is -0.493 e. The highest BCUT2D eigenvalue weighted by Gasteiger charge is 2.15. The van der Waals surface area contributed by atoms with Gasteiger partial charge < -0.3 is 10.5 Å². The molecule has 4 nitrogen and oxygen atoms in total. The van der Waals surface area contributed by atoms with E-state index in [0.29, 0.717) is 12.2 Å². The van der Waals surface area contributed by atoms with Crippen LogP contribution in [-0.4, -0.2) is 16.6 Å². The maximum Gasteiger partial charge on any atom is 0.220 e. The van der Waals surface area contributed by atoms with Crippen molar-refractivity contribution in [3.05, 3.63) is 35.8 Å². The minimum atomic E-state index is -0.474. The second-order valence-corrected chi connectivity index (χ2v) is 3.85. The van der Waals surface area contributed by atoms with Crippen molar-refractivity contribution in [3.63, 3.8) is 0 Å². The summed E-state index contributed by atoms with van der Waals surface area (Å²) in [4.78, 5) is 7.52. The summed E-state index contributed by atoms with van der Waals surface area (Å²) in [6.07, 6.45) is 1.92. The molecule has 2 heterocycles. The highest BCUT2D eigenvalue weighted by molar-refractivity contribution is 5.63. The third kappa shape index (κ3) is 1.69. The Balaban J connectivity index is 2.12. The number of ether oxygens (including phenoxy) is 1. The van der Waals surface area contributed by atoms with Crippen LogP contribution in [0.3, 0.4) is 0 Å². The van der Waals surface area contributed by atoms with Gasteiger partial charge in [0.2, 0.25) is 5.95 Å². The smallest absolute Gasteiger partial charge is 0.220 e. The lowest BCUT2D eigenvalue weighted by Gasteiger charge is -2.05. The van der Waals surface area contributed by atoms with Gasteiger partial charge in [-0.15, -0.1) is 0 Å². The van der Waals surface area contributed by atoms with Gasteiger partial charge in [0.05, 0.1) is 12.8 Å². The average molecular weight is 231 g/mol. The first-order chi connectivity index (χ1) is 8.24. The monoisotopic (exact) mass is 231 g/mol. The zero-order valence-corrected chi connectivity index (χ0v) is 8.98. The fraction of sp³-hybridized carbons (Fsp3) is 0.167. The number of fused-ring (bicyclic) bond motifs is 1. The van der Waals surface area contributed by atoms with E-state index in [2.05, 4.69) is 9.97 Å². The molecule has 0 bridgehead atoms. The molecule has 0 radical (unpaired) electrons. The van der Waals surface area contributed by atoms with E-state index in [9.17, 15) is 4.39 Å². The summed E-state index contributed by atoms with van der Waals surface area (Å²) in [5, 5.41) is 0. The Morgan fingerprint density at radius 1 is 1.35 bits per heavy atom. The lowest BCUT2D eigenvalue weighted by atomic mass is 10.1. The molecular weight excluding hydrogens is 221 g/mol. The minimum absolute atomic E-state index is 0.0677. The van der Waals surface area contributed by atoms with Crippen molar-refractivity contribution in [3.8, 4) is 17.0 Å². The second kappa shape index (κ2) is 3.69. The van der Waals surface area contributed by atoms with E-state index in [-0.39, 0.29) is 11.6 Å². The van der Waals surface area contributed by atoms with E-state index in [1.54, 1.807) is 6.07 Å². The summed E-state index contributed by atoms with van der Waals surface area (Å²) in [6, 6.07) is 5.48. The lowest BCUT2D eigenvalue weighted by molar-refractivity contribution is 0.357. The van der Waals surface area contributed by atoms with Crippen LogP contribution < -0.4 is 10.5 Å². The number of anilines is 1. The van der Waals surface area contributed by atoms with Gasteiger partial charge in [-0.3, -0.25) is 0 Å². The van der Waals surface area contributed by atoms with Gasteiger partial charge in [-0.05, 0) is 23.8 Å². The van der Waals surface area contributed by atoms with Crippen molar-refractivity contribution in [2.75, 3.05) is 12.3 Å². The summed E-state index contributed by atoms with van der Waals surface area (Å²) in [5.41, 5.74) is 7.46. The van der Waals surface area contributed by atoms with Crippen LogP contribution in [0.4, 0.5) is 10.3 Å². The van der Waals surface area contributed by atoms with Gasteiger partial charge in [0.25, 0.3) is 0 Å². The Hall–Kier alpha value is -2.17. The van der Waals surface area contributed by atoms with Crippen LogP contribution in [0.25, 0.3) is 11.3 Å². The number of nitrogens with two attached hydrogens (primary N) is 1. The van der Waals surface area contributed by atoms with Crippen molar-refractivity contribution in [2.24, 2.45) is 0 Å². The van der Waals surface area contributed by atoms with E-state index < -0.39 is 5.82 Å². The molecule has 0 aliphatic carbocycles. The van der Waals surface area contributed by atoms with E-state index in [1.165, 1.54) is 0 Å². The van der Waals surface area contributed by atoms with Crippen LogP contribution in [0.1, 0.15) is 5.56 Å². The van der Waals surface area contributed by atoms with Crippen LogP contribution in [-0.2, 0) is 6.42 Å². The molecule has 17 heavy (non-hydrogen) atoms. The summed E-state index contributed by atoms with van der Waals surface area (Å²) in [5.74, 6) is 0.451. The zero-order chi connectivity index (χ0) is 11.8. The molecule has 3 rings (SSSR count). The number of hydrogen-bond donors (Lipinski definition) is 1. The highest BCUT2D eigenvalue weighted by atomic mass is 19.1. The standard InChI is InChI=1S/C12H10FN3O/c13-9-6-15-12(14)16-11(9)8-1-2-10-7(5-8)3-4-17-10/h1-2,5-6H,3-4H2,(H2,14,15,16). The number of hydrogen-bond acceptors (Lipinski definition) is 4. The molecule has 0 fully saturated rings. The van der Waals surface area contributed by atoms with Crippen LogP contribution in [0, 0.1) is 5.82 Å². The van der Waals surface area contributed by atoms with E-state index in [0.717, 1.165) is 23.9 Å². The third-order valence-electron chi connectivity index (χ3n) is 2.73. The van der Waals surface area contributed by atoms with Crippen LogP contribution in [0.2, 0.25) is 0 Å². The first-order valence-corrected chi connectivity index (χ1v) is 5.28. The largest absolute Gasteiger partial charge is 0.493 e. The third-order valence-corrected chi connectivity index (χ3v) is 2.73. The van der Waals surface area contributed by atoms with Crippen molar-refractivity contribution in [2.45, 2.75) is 6.42 Å². The van der Waals surface area contributed by atoms with Gasteiger partial charge in [-0.2, -0.15) is 0 Å². The second-order valence-electron chi connectivity index (χ2n) is 3.85. The Morgan fingerprint density at radius 3 is 3.12 bits per heavy atom. The molecule has 1 aliphatic heterocycles. The lowest BCUT2D eigenvalue weighted by Crippen LogP contribution is -1.99. The number of nitrogens with zero attached hydrogens (tertiary/aromatic N) is 2. The topological polar surface area (TPSA) is 61.0 Å². The molecule has 0 unspecified atom stereocenters. The molecule has 0 saturated heterocycles. The number of nitrogen functional groups attached to an aromatic ring is 1. The van der Waals surface area contributed by atoms with Crippen molar-refractivity contribution >= 4 is 5.95 Å².